The minimum atomic E-state index is -3.42. The molecule has 138 valence electrons. The standard InChI is InChI=1S/C18H22N4O3S/c1-13-8-9-16(14(2)19-13)20-18(23)21-10-11-22(26(3,24)25)17-7-5-4-6-15(17)12-21/h4-9H,10-12H2,1-3H3,(H,20,23). The molecule has 0 unspecified atom stereocenters. The highest BCUT2D eigenvalue weighted by Gasteiger charge is 2.27. The molecular formula is C18H22N4O3S. The lowest BCUT2D eigenvalue weighted by Crippen LogP contribution is -2.39. The number of benzene rings is 1. The van der Waals surface area contributed by atoms with Gasteiger partial charge in [0.05, 0.1) is 29.9 Å². The van der Waals surface area contributed by atoms with Gasteiger partial charge < -0.3 is 10.2 Å². The number of hydrogen-bond acceptors (Lipinski definition) is 4. The maximum atomic E-state index is 12.7. The van der Waals surface area contributed by atoms with Crippen LogP contribution in [-0.2, 0) is 16.6 Å². The zero-order chi connectivity index (χ0) is 18.9. The number of pyridine rings is 1. The maximum Gasteiger partial charge on any atom is 0.322 e. The van der Waals surface area contributed by atoms with Gasteiger partial charge in [0.15, 0.2) is 0 Å². The van der Waals surface area contributed by atoms with Gasteiger partial charge in [0.1, 0.15) is 0 Å². The zero-order valence-corrected chi connectivity index (χ0v) is 15.9. The van der Waals surface area contributed by atoms with Gasteiger partial charge in [0, 0.05) is 18.8 Å². The third-order valence-electron chi connectivity index (χ3n) is 4.35. The van der Waals surface area contributed by atoms with Crippen LogP contribution in [0.5, 0.6) is 0 Å². The molecule has 0 fully saturated rings. The normalized spacial score (nSPS) is 14.6. The van der Waals surface area contributed by atoms with Crippen LogP contribution < -0.4 is 9.62 Å². The molecule has 1 aromatic carbocycles. The average Bonchev–Trinajstić information content (AvgIpc) is 2.76. The molecule has 0 radical (unpaired) electrons. The Kier molecular flexibility index (Phi) is 4.86. The largest absolute Gasteiger partial charge is 0.322 e. The summed E-state index contributed by atoms with van der Waals surface area (Å²) in [6.45, 7) is 4.59. The Bertz CT molecular complexity index is 943. The molecule has 2 aromatic rings. The van der Waals surface area contributed by atoms with Crippen molar-refractivity contribution in [2.75, 3.05) is 29.0 Å². The molecular weight excluding hydrogens is 352 g/mol. The molecule has 7 nitrogen and oxygen atoms in total. The summed E-state index contributed by atoms with van der Waals surface area (Å²) in [7, 11) is -3.42. The van der Waals surface area contributed by atoms with Crippen LogP contribution in [0.15, 0.2) is 36.4 Å². The molecule has 8 heteroatoms. The van der Waals surface area contributed by atoms with E-state index in [4.69, 9.17) is 0 Å². The van der Waals surface area contributed by atoms with E-state index in [0.29, 0.717) is 24.5 Å². The van der Waals surface area contributed by atoms with Gasteiger partial charge in [-0.25, -0.2) is 13.2 Å². The van der Waals surface area contributed by atoms with Crippen LogP contribution in [0.25, 0.3) is 0 Å². The van der Waals surface area contributed by atoms with Crippen LogP contribution in [0, 0.1) is 13.8 Å². The highest BCUT2D eigenvalue weighted by Crippen LogP contribution is 2.27. The summed E-state index contributed by atoms with van der Waals surface area (Å²) in [6.07, 6.45) is 1.18. The van der Waals surface area contributed by atoms with Gasteiger partial charge in [0.25, 0.3) is 0 Å². The van der Waals surface area contributed by atoms with Gasteiger partial charge in [-0.15, -0.1) is 0 Å². The Morgan fingerprint density at radius 3 is 2.54 bits per heavy atom. The van der Waals surface area contributed by atoms with Crippen LogP contribution in [0.1, 0.15) is 17.0 Å². The number of nitrogens with one attached hydrogen (secondary N) is 1. The molecule has 2 heterocycles. The summed E-state index contributed by atoms with van der Waals surface area (Å²) < 4.78 is 25.6. The molecule has 0 saturated carbocycles. The highest BCUT2D eigenvalue weighted by molar-refractivity contribution is 7.92. The van der Waals surface area contributed by atoms with Crippen molar-refractivity contribution in [2.24, 2.45) is 0 Å². The second kappa shape index (κ2) is 6.95. The first kappa shape index (κ1) is 18.2. The fourth-order valence-electron chi connectivity index (χ4n) is 3.04. The van der Waals surface area contributed by atoms with Gasteiger partial charge in [-0.3, -0.25) is 9.29 Å². The summed E-state index contributed by atoms with van der Waals surface area (Å²) in [5.74, 6) is 0. The fourth-order valence-corrected chi connectivity index (χ4v) is 3.98. The van der Waals surface area contributed by atoms with Crippen LogP contribution >= 0.6 is 0 Å². The van der Waals surface area contributed by atoms with Crippen LogP contribution in [0.4, 0.5) is 16.2 Å². The molecule has 1 aliphatic rings. The van der Waals surface area contributed by atoms with Crippen molar-refractivity contribution in [2.45, 2.75) is 20.4 Å². The zero-order valence-electron chi connectivity index (χ0n) is 15.1. The quantitative estimate of drug-likeness (QED) is 0.876. The predicted octanol–water partition coefficient (Wildman–Crippen LogP) is 2.51. The minimum absolute atomic E-state index is 0.217. The molecule has 0 aliphatic carbocycles. The Morgan fingerprint density at radius 2 is 1.85 bits per heavy atom. The molecule has 1 aromatic heterocycles. The smallest absolute Gasteiger partial charge is 0.318 e. The molecule has 0 bridgehead atoms. The molecule has 1 aliphatic heterocycles. The van der Waals surface area contributed by atoms with E-state index in [2.05, 4.69) is 10.3 Å². The van der Waals surface area contributed by atoms with Crippen molar-refractivity contribution in [1.82, 2.24) is 9.88 Å². The number of rotatable bonds is 2. The summed E-state index contributed by atoms with van der Waals surface area (Å²) in [4.78, 5) is 18.7. The lowest BCUT2D eigenvalue weighted by Gasteiger charge is -2.23. The summed E-state index contributed by atoms with van der Waals surface area (Å²) in [6, 6.07) is 10.6. The lowest BCUT2D eigenvalue weighted by atomic mass is 10.2. The van der Waals surface area contributed by atoms with Gasteiger partial charge in [-0.2, -0.15) is 0 Å². The molecule has 1 N–H and O–H groups in total. The third kappa shape index (κ3) is 3.80. The summed E-state index contributed by atoms with van der Waals surface area (Å²) in [5.41, 5.74) is 3.69. The molecule has 2 amide bonds. The first-order valence-electron chi connectivity index (χ1n) is 8.31. The van der Waals surface area contributed by atoms with Crippen LogP contribution in [0.2, 0.25) is 0 Å². The number of aromatic nitrogens is 1. The summed E-state index contributed by atoms with van der Waals surface area (Å²) >= 11 is 0. The van der Waals surface area contributed by atoms with E-state index in [1.54, 1.807) is 17.0 Å². The van der Waals surface area contributed by atoms with E-state index in [9.17, 15) is 13.2 Å². The number of hydrogen-bond donors (Lipinski definition) is 1. The van der Waals surface area contributed by atoms with Crippen molar-refractivity contribution < 1.29 is 13.2 Å². The minimum Gasteiger partial charge on any atom is -0.318 e. The Morgan fingerprint density at radius 1 is 1.12 bits per heavy atom. The van der Waals surface area contributed by atoms with E-state index < -0.39 is 10.0 Å². The Balaban J connectivity index is 1.85. The third-order valence-corrected chi connectivity index (χ3v) is 5.53. The number of carbonyl (C=O) groups excluding carboxylic acids is 1. The van der Waals surface area contributed by atoms with Gasteiger partial charge >= 0.3 is 6.03 Å². The number of para-hydroxylation sites is 1. The van der Waals surface area contributed by atoms with E-state index in [0.717, 1.165) is 17.0 Å². The number of anilines is 2. The lowest BCUT2D eigenvalue weighted by molar-refractivity contribution is 0.212. The van der Waals surface area contributed by atoms with Crippen molar-refractivity contribution in [3.8, 4) is 0 Å². The van der Waals surface area contributed by atoms with Crippen molar-refractivity contribution in [3.63, 3.8) is 0 Å². The second-order valence-corrected chi connectivity index (χ2v) is 8.31. The second-order valence-electron chi connectivity index (χ2n) is 6.40. The first-order valence-corrected chi connectivity index (χ1v) is 10.2. The summed E-state index contributed by atoms with van der Waals surface area (Å²) in [5, 5.41) is 2.88. The number of sulfonamides is 1. The maximum absolute atomic E-state index is 12.7. The van der Waals surface area contributed by atoms with E-state index in [1.807, 2.05) is 38.1 Å². The molecule has 0 saturated heterocycles. The number of nitrogens with zero attached hydrogens (tertiary/aromatic N) is 3. The highest BCUT2D eigenvalue weighted by atomic mass is 32.2. The van der Waals surface area contributed by atoms with Gasteiger partial charge in [-0.1, -0.05) is 18.2 Å². The molecule has 0 atom stereocenters. The SMILES string of the molecule is Cc1ccc(NC(=O)N2CCN(S(C)(=O)=O)c3ccccc3C2)c(C)n1. The monoisotopic (exact) mass is 374 g/mol. The number of carbonyl (C=O) groups is 1. The van der Waals surface area contributed by atoms with Crippen molar-refractivity contribution in [3.05, 3.63) is 53.3 Å². The van der Waals surface area contributed by atoms with Gasteiger partial charge in [0.2, 0.25) is 10.0 Å². The Hall–Kier alpha value is -2.61. The Labute approximate surface area is 153 Å². The van der Waals surface area contributed by atoms with E-state index in [-0.39, 0.29) is 12.6 Å². The molecule has 26 heavy (non-hydrogen) atoms. The molecule has 0 spiro atoms. The number of urea groups is 1. The topological polar surface area (TPSA) is 82.6 Å². The van der Waals surface area contributed by atoms with Crippen molar-refractivity contribution in [1.29, 1.82) is 0 Å². The molecule has 3 rings (SSSR count). The van der Waals surface area contributed by atoms with Crippen LogP contribution in [-0.4, -0.2) is 43.7 Å². The van der Waals surface area contributed by atoms with E-state index in [1.165, 1.54) is 10.6 Å². The number of amides is 2. The average molecular weight is 374 g/mol. The van der Waals surface area contributed by atoms with Crippen molar-refractivity contribution >= 4 is 27.4 Å². The van der Waals surface area contributed by atoms with E-state index >= 15 is 0 Å². The van der Waals surface area contributed by atoms with Crippen LogP contribution in [0.3, 0.4) is 0 Å². The number of fused-ring (bicyclic) bond motifs is 1. The van der Waals surface area contributed by atoms with Gasteiger partial charge in [-0.05, 0) is 37.6 Å². The number of aryl methyl sites for hydroxylation is 2. The first-order chi connectivity index (χ1) is 12.3. The fraction of sp³-hybridized carbons (Fsp3) is 0.333. The predicted molar refractivity (Wildman–Crippen MR) is 102 cm³/mol.